The molecule has 30 heteroatoms. The lowest BCUT2D eigenvalue weighted by molar-refractivity contribution is -0.386. The van der Waals surface area contributed by atoms with E-state index in [1.807, 2.05) is 0 Å². The summed E-state index contributed by atoms with van der Waals surface area (Å²) in [6.45, 7) is -1.33. The minimum absolute atomic E-state index is 0.00175. The van der Waals surface area contributed by atoms with Gasteiger partial charge in [0.05, 0.1) is 25.9 Å². The third kappa shape index (κ3) is 14.3. The lowest BCUT2D eigenvalue weighted by Crippen LogP contribution is -2.70. The molecule has 70 heavy (non-hydrogen) atoms. The molecule has 0 radical (unpaired) electrons. The van der Waals surface area contributed by atoms with Gasteiger partial charge in [0.1, 0.15) is 98.1 Å². The minimum Gasteiger partial charge on any atom is -0.394 e. The Labute approximate surface area is 398 Å². The molecule has 0 aliphatic carbocycles. The molecule has 0 saturated carbocycles. The zero-order valence-corrected chi connectivity index (χ0v) is 38.0. The van der Waals surface area contributed by atoms with E-state index in [9.17, 15) is 84.9 Å². The van der Waals surface area contributed by atoms with Crippen LogP contribution in [0.3, 0.4) is 0 Å². The molecule has 5 saturated heterocycles. The number of nitrogens with zero attached hydrogens (tertiary/aromatic N) is 1. The van der Waals surface area contributed by atoms with Crippen LogP contribution >= 0.6 is 0 Å². The molecule has 5 heterocycles. The van der Waals surface area contributed by atoms with Crippen LogP contribution in [0.5, 0.6) is 0 Å². The molecule has 400 valence electrons. The molecule has 5 amide bonds. The van der Waals surface area contributed by atoms with Gasteiger partial charge in [-0.25, -0.2) is 4.79 Å². The van der Waals surface area contributed by atoms with E-state index in [1.54, 1.807) is 0 Å². The summed E-state index contributed by atoms with van der Waals surface area (Å²) in [5, 5.41) is 125. The standard InChI is InChI=1S/C40H64N4O26/c1-15-26(54)30(58)32(60)39(63-15)69-36-31(59)27(55)17(11-45)66-40(36)67-34-25(43-16(2)48)37(64-18(12-46)28(34)56)68-35-29(57)19(13-47)65-38(33(35)61)62-14-21(50)42-10-9-41-20(49)5-3-4-6-24(53)70-44-22(51)7-8-23(44)52/h15,17-19,25-40,45-47,54-61H,3-14H2,1-2H3,(H,41,49)(H,42,50)(H,43,48)/t15-,17+,18+,19+,25+,26+,27-,28-,29-,30+,31-,32-,33+,34+,35-,36+,37-,38-,39-,40-/m0/s1. The van der Waals surface area contributed by atoms with E-state index >= 15 is 0 Å². The van der Waals surface area contributed by atoms with Gasteiger partial charge < -0.3 is 115 Å². The highest BCUT2D eigenvalue weighted by atomic mass is 16.8. The van der Waals surface area contributed by atoms with E-state index in [4.69, 9.17) is 42.7 Å². The number of unbranched alkanes of at least 4 members (excludes halogenated alkanes) is 1. The molecule has 30 nitrogen and oxygen atoms in total. The van der Waals surface area contributed by atoms with Gasteiger partial charge in [0.25, 0.3) is 11.8 Å². The summed E-state index contributed by atoms with van der Waals surface area (Å²) in [6, 6.07) is -1.70. The van der Waals surface area contributed by atoms with Crippen molar-refractivity contribution in [1.82, 2.24) is 21.0 Å². The van der Waals surface area contributed by atoms with E-state index in [0.29, 0.717) is 5.06 Å². The maximum atomic E-state index is 12.7. The molecule has 5 fully saturated rings. The third-order valence-corrected chi connectivity index (χ3v) is 11.9. The van der Waals surface area contributed by atoms with Gasteiger partial charge in [-0.15, -0.1) is 5.06 Å². The molecule has 0 spiro atoms. The molecule has 20 atom stereocenters. The second-order valence-corrected chi connectivity index (χ2v) is 17.1. The number of carbonyl (C=O) groups excluding carboxylic acids is 6. The fourth-order valence-corrected chi connectivity index (χ4v) is 8.05. The van der Waals surface area contributed by atoms with Crippen LogP contribution in [0, 0.1) is 0 Å². The van der Waals surface area contributed by atoms with Crippen molar-refractivity contribution in [3.8, 4) is 0 Å². The van der Waals surface area contributed by atoms with Crippen molar-refractivity contribution in [2.75, 3.05) is 39.5 Å². The van der Waals surface area contributed by atoms with Crippen molar-refractivity contribution in [3.05, 3.63) is 0 Å². The predicted molar refractivity (Wildman–Crippen MR) is 219 cm³/mol. The normalized spacial score (nSPS) is 39.1. The van der Waals surface area contributed by atoms with Crippen LogP contribution in [0.2, 0.25) is 0 Å². The Kier molecular flexibility index (Phi) is 21.5. The van der Waals surface area contributed by atoms with Crippen molar-refractivity contribution < 1.29 is 128 Å². The second-order valence-electron chi connectivity index (χ2n) is 17.1. The average molecular weight is 1020 g/mol. The maximum absolute atomic E-state index is 12.7. The first-order valence-electron chi connectivity index (χ1n) is 22.5. The highest BCUT2D eigenvalue weighted by Gasteiger charge is 2.56. The molecule has 5 aliphatic heterocycles. The summed E-state index contributed by atoms with van der Waals surface area (Å²) >= 11 is 0. The zero-order chi connectivity index (χ0) is 51.6. The van der Waals surface area contributed by atoms with Crippen molar-refractivity contribution in [1.29, 1.82) is 0 Å². The van der Waals surface area contributed by atoms with Gasteiger partial charge in [-0.1, -0.05) is 0 Å². The lowest BCUT2D eigenvalue weighted by atomic mass is 9.94. The Hall–Kier alpha value is -3.74. The maximum Gasteiger partial charge on any atom is 0.333 e. The fourth-order valence-electron chi connectivity index (χ4n) is 8.05. The molecular formula is C40H64N4O26. The average Bonchev–Trinajstić information content (AvgIpc) is 3.64. The van der Waals surface area contributed by atoms with E-state index in [-0.39, 0.29) is 51.6 Å². The van der Waals surface area contributed by atoms with Gasteiger partial charge in [0, 0.05) is 45.7 Å². The van der Waals surface area contributed by atoms with Crippen LogP contribution in [0.1, 0.15) is 52.4 Å². The number of aliphatic hydroxyl groups excluding tert-OH is 11. The smallest absolute Gasteiger partial charge is 0.333 e. The molecular weight excluding hydrogens is 952 g/mol. The third-order valence-electron chi connectivity index (χ3n) is 11.9. The number of aliphatic hydroxyl groups is 11. The molecule has 0 aromatic heterocycles. The van der Waals surface area contributed by atoms with Gasteiger partial charge in [0.2, 0.25) is 17.7 Å². The Bertz CT molecular complexity index is 1750. The summed E-state index contributed by atoms with van der Waals surface area (Å²) in [4.78, 5) is 77.4. The van der Waals surface area contributed by atoms with Crippen molar-refractivity contribution in [2.24, 2.45) is 0 Å². The van der Waals surface area contributed by atoms with E-state index in [2.05, 4.69) is 16.0 Å². The first-order chi connectivity index (χ1) is 33.2. The molecule has 0 unspecified atom stereocenters. The summed E-state index contributed by atoms with van der Waals surface area (Å²) in [7, 11) is 0. The van der Waals surface area contributed by atoms with Crippen LogP contribution in [-0.2, 0) is 71.5 Å². The van der Waals surface area contributed by atoms with Crippen LogP contribution in [-0.4, -0.2) is 259 Å². The van der Waals surface area contributed by atoms with Crippen molar-refractivity contribution >= 4 is 35.5 Å². The fraction of sp³-hybridized carbons (Fsp3) is 0.850. The molecule has 0 bridgehead atoms. The molecule has 0 aromatic rings. The number of amides is 5. The summed E-state index contributed by atoms with van der Waals surface area (Å²) in [6.07, 6.45) is -33.7. The number of hydrogen-bond acceptors (Lipinski definition) is 26. The Balaban J connectivity index is 1.19. The van der Waals surface area contributed by atoms with Crippen LogP contribution < -0.4 is 16.0 Å². The number of nitrogens with one attached hydrogen (secondary N) is 3. The molecule has 14 N–H and O–H groups in total. The Morgan fingerprint density at radius 1 is 0.586 bits per heavy atom. The number of ether oxygens (including phenoxy) is 8. The van der Waals surface area contributed by atoms with Crippen LogP contribution in [0.15, 0.2) is 0 Å². The SMILES string of the molecule is CC(=O)N[C@H]1[C@H](O[C@H]2[C@@H](O)[C@@H](CO)O[C@H](OCC(=O)NCCNC(=O)CCCCC(=O)ON3C(=O)CCC3=O)[C@@H]2O)O[C@H](CO)[C@H](O)[C@@H]1O[C@@H]1O[C@H](CO)[C@H](O)[C@H](O)[C@H]1O[C@@H]1O[C@@H](C)[C@@H](O)[C@@H](O)[C@@H]1O. The number of hydrogen-bond donors (Lipinski definition) is 14. The van der Waals surface area contributed by atoms with Crippen molar-refractivity contribution in [2.45, 2.75) is 175 Å². The Morgan fingerprint density at radius 2 is 1.11 bits per heavy atom. The first-order valence-corrected chi connectivity index (χ1v) is 22.5. The van der Waals surface area contributed by atoms with Crippen LogP contribution in [0.4, 0.5) is 0 Å². The number of rotatable bonds is 22. The van der Waals surface area contributed by atoms with Crippen LogP contribution in [0.25, 0.3) is 0 Å². The number of carbonyl (C=O) groups is 6. The van der Waals surface area contributed by atoms with E-state index in [1.165, 1.54) is 6.92 Å². The topological polar surface area (TPSA) is 447 Å². The largest absolute Gasteiger partial charge is 0.394 e. The second kappa shape index (κ2) is 26.3. The summed E-state index contributed by atoms with van der Waals surface area (Å²) < 4.78 is 45.7. The summed E-state index contributed by atoms with van der Waals surface area (Å²) in [5.74, 6) is -4.03. The van der Waals surface area contributed by atoms with E-state index in [0.717, 1.165) is 6.92 Å². The van der Waals surface area contributed by atoms with Gasteiger partial charge in [-0.05, 0) is 19.8 Å². The number of hydroxylamine groups is 2. The highest BCUT2D eigenvalue weighted by molar-refractivity contribution is 6.01. The summed E-state index contributed by atoms with van der Waals surface area (Å²) in [5.41, 5.74) is 0. The molecule has 0 aromatic carbocycles. The first kappa shape index (κ1) is 57.2. The zero-order valence-electron chi connectivity index (χ0n) is 38.0. The predicted octanol–water partition coefficient (Wildman–Crippen LogP) is -9.15. The van der Waals surface area contributed by atoms with Gasteiger partial charge in [0.15, 0.2) is 25.2 Å². The van der Waals surface area contributed by atoms with Crippen molar-refractivity contribution in [3.63, 3.8) is 0 Å². The minimum atomic E-state index is -2.01. The highest BCUT2D eigenvalue weighted by Crippen LogP contribution is 2.35. The number of imide groups is 1. The molecule has 5 aliphatic rings. The monoisotopic (exact) mass is 1020 g/mol. The van der Waals surface area contributed by atoms with Gasteiger partial charge in [-0.2, -0.15) is 0 Å². The quantitative estimate of drug-likeness (QED) is 0.0354. The Morgan fingerprint density at radius 3 is 1.73 bits per heavy atom. The van der Waals surface area contributed by atoms with Gasteiger partial charge >= 0.3 is 5.97 Å². The van der Waals surface area contributed by atoms with E-state index < -0.39 is 185 Å². The lowest BCUT2D eigenvalue weighted by Gasteiger charge is -2.50. The van der Waals surface area contributed by atoms with Gasteiger partial charge in [-0.3, -0.25) is 24.0 Å². The molecule has 5 rings (SSSR count).